The third-order valence-electron chi connectivity index (χ3n) is 4.57. The third-order valence-corrected chi connectivity index (χ3v) is 4.57. The lowest BCUT2D eigenvalue weighted by atomic mass is 9.83. The molecule has 0 spiro atoms. The van der Waals surface area contributed by atoms with Crippen LogP contribution >= 0.6 is 0 Å². The van der Waals surface area contributed by atoms with E-state index in [0.717, 1.165) is 13.0 Å². The Labute approximate surface area is 131 Å². The summed E-state index contributed by atoms with van der Waals surface area (Å²) in [6.45, 7) is 14.7. The number of rotatable bonds is 6. The highest BCUT2D eigenvalue weighted by Gasteiger charge is 2.32. The molecule has 2 nitrogen and oxygen atoms in total. The summed E-state index contributed by atoms with van der Waals surface area (Å²) in [7, 11) is 4.31. The van der Waals surface area contributed by atoms with Crippen LogP contribution < -0.4 is 5.32 Å². The van der Waals surface area contributed by atoms with Crippen molar-refractivity contribution in [3.63, 3.8) is 0 Å². The molecule has 1 rings (SSSR count). The topological polar surface area (TPSA) is 15.3 Å². The maximum absolute atomic E-state index is 3.72. The highest BCUT2D eigenvalue weighted by molar-refractivity contribution is 5.30. The van der Waals surface area contributed by atoms with Crippen molar-refractivity contribution in [2.75, 3.05) is 20.6 Å². The van der Waals surface area contributed by atoms with Crippen molar-refractivity contribution in [1.82, 2.24) is 10.2 Å². The Bertz CT molecular complexity index is 424. The van der Waals surface area contributed by atoms with Crippen molar-refractivity contribution >= 4 is 0 Å². The standard InChI is InChI=1S/C19H34N2/c1-9-14-20-17(19(5,6)21(7)8)15-10-12-16(13-11-15)18(2,3)4/h10-13,17,20H,9,14H2,1-8H3. The van der Waals surface area contributed by atoms with Crippen molar-refractivity contribution in [3.8, 4) is 0 Å². The second kappa shape index (κ2) is 6.93. The second-order valence-electron chi connectivity index (χ2n) is 7.81. The van der Waals surface area contributed by atoms with Crippen LogP contribution in [0.15, 0.2) is 24.3 Å². The fourth-order valence-corrected chi connectivity index (χ4v) is 2.50. The number of nitrogens with one attached hydrogen (secondary N) is 1. The van der Waals surface area contributed by atoms with Crippen LogP contribution in [0.25, 0.3) is 0 Å². The molecule has 2 heteroatoms. The monoisotopic (exact) mass is 290 g/mol. The number of hydrogen-bond donors (Lipinski definition) is 1. The Balaban J connectivity index is 3.09. The fourth-order valence-electron chi connectivity index (χ4n) is 2.50. The van der Waals surface area contributed by atoms with Crippen LogP contribution in [0.3, 0.4) is 0 Å². The summed E-state index contributed by atoms with van der Waals surface area (Å²) < 4.78 is 0. The van der Waals surface area contributed by atoms with Gasteiger partial charge in [0.1, 0.15) is 0 Å². The molecular weight excluding hydrogens is 256 g/mol. The number of nitrogens with zero attached hydrogens (tertiary/aromatic N) is 1. The Morgan fingerprint density at radius 1 is 1.00 bits per heavy atom. The lowest BCUT2D eigenvalue weighted by Crippen LogP contribution is -2.49. The summed E-state index contributed by atoms with van der Waals surface area (Å²) in [6.07, 6.45) is 1.15. The van der Waals surface area contributed by atoms with Crippen LogP contribution in [-0.4, -0.2) is 31.1 Å². The van der Waals surface area contributed by atoms with Crippen molar-refractivity contribution in [2.24, 2.45) is 0 Å². The van der Waals surface area contributed by atoms with Gasteiger partial charge in [-0.1, -0.05) is 52.0 Å². The molecule has 0 heterocycles. The fraction of sp³-hybridized carbons (Fsp3) is 0.684. The zero-order valence-electron chi connectivity index (χ0n) is 15.2. The third kappa shape index (κ3) is 4.55. The molecule has 0 aromatic heterocycles. The van der Waals surface area contributed by atoms with Crippen LogP contribution in [0.5, 0.6) is 0 Å². The SMILES string of the molecule is CCCNC(c1ccc(C(C)(C)C)cc1)C(C)(C)N(C)C. The van der Waals surface area contributed by atoms with Crippen LogP contribution in [0.4, 0.5) is 0 Å². The van der Waals surface area contributed by atoms with Crippen molar-refractivity contribution in [3.05, 3.63) is 35.4 Å². The van der Waals surface area contributed by atoms with Gasteiger partial charge in [-0.05, 0) is 57.5 Å². The zero-order chi connectivity index (χ0) is 16.3. The number of benzene rings is 1. The average molecular weight is 290 g/mol. The highest BCUT2D eigenvalue weighted by atomic mass is 15.2. The lowest BCUT2D eigenvalue weighted by Gasteiger charge is -2.41. The van der Waals surface area contributed by atoms with Gasteiger partial charge in [-0.3, -0.25) is 0 Å². The zero-order valence-corrected chi connectivity index (χ0v) is 15.2. The number of likely N-dealkylation sites (N-methyl/N-ethyl adjacent to an activating group) is 1. The summed E-state index contributed by atoms with van der Waals surface area (Å²) in [5.74, 6) is 0. The molecule has 1 N–H and O–H groups in total. The van der Waals surface area contributed by atoms with E-state index >= 15 is 0 Å². The molecule has 0 aliphatic rings. The first-order valence-electron chi connectivity index (χ1n) is 8.12. The Morgan fingerprint density at radius 3 is 1.90 bits per heavy atom. The molecule has 0 radical (unpaired) electrons. The molecule has 0 saturated heterocycles. The van der Waals surface area contributed by atoms with Crippen LogP contribution in [0.1, 0.15) is 65.1 Å². The van der Waals surface area contributed by atoms with Crippen LogP contribution in [-0.2, 0) is 5.41 Å². The molecule has 0 bridgehead atoms. The van der Waals surface area contributed by atoms with E-state index < -0.39 is 0 Å². The van der Waals surface area contributed by atoms with Crippen LogP contribution in [0.2, 0.25) is 0 Å². The summed E-state index contributed by atoms with van der Waals surface area (Å²) >= 11 is 0. The Morgan fingerprint density at radius 2 is 1.52 bits per heavy atom. The van der Waals surface area contributed by atoms with E-state index in [1.165, 1.54) is 11.1 Å². The van der Waals surface area contributed by atoms with E-state index in [0.29, 0.717) is 6.04 Å². The molecule has 0 fully saturated rings. The summed E-state index contributed by atoms with van der Waals surface area (Å²) in [5.41, 5.74) is 3.04. The van der Waals surface area contributed by atoms with Gasteiger partial charge in [-0.2, -0.15) is 0 Å². The van der Waals surface area contributed by atoms with Crippen LogP contribution in [0, 0.1) is 0 Å². The van der Waals surface area contributed by atoms with E-state index in [2.05, 4.69) is 90.1 Å². The highest BCUT2D eigenvalue weighted by Crippen LogP contribution is 2.31. The minimum absolute atomic E-state index is 0.0679. The summed E-state index contributed by atoms with van der Waals surface area (Å²) in [5, 5.41) is 3.72. The first kappa shape index (κ1) is 18.2. The van der Waals surface area contributed by atoms with Gasteiger partial charge in [0.05, 0.1) is 6.04 Å². The molecule has 0 amide bonds. The molecule has 1 atom stereocenters. The normalized spacial score (nSPS) is 14.5. The van der Waals surface area contributed by atoms with E-state index in [1.54, 1.807) is 0 Å². The molecule has 1 aromatic carbocycles. The van der Waals surface area contributed by atoms with Gasteiger partial charge in [0.2, 0.25) is 0 Å². The predicted molar refractivity (Wildman–Crippen MR) is 93.9 cm³/mol. The molecule has 0 aliphatic carbocycles. The van der Waals surface area contributed by atoms with Crippen molar-refractivity contribution < 1.29 is 0 Å². The van der Waals surface area contributed by atoms with Gasteiger partial charge >= 0.3 is 0 Å². The quantitative estimate of drug-likeness (QED) is 0.837. The van der Waals surface area contributed by atoms with Gasteiger partial charge in [-0.15, -0.1) is 0 Å². The molecule has 1 unspecified atom stereocenters. The van der Waals surface area contributed by atoms with E-state index in [9.17, 15) is 0 Å². The molecule has 0 saturated carbocycles. The lowest BCUT2D eigenvalue weighted by molar-refractivity contribution is 0.138. The average Bonchev–Trinajstić information content (AvgIpc) is 2.38. The largest absolute Gasteiger partial charge is 0.308 e. The van der Waals surface area contributed by atoms with E-state index in [1.807, 2.05) is 0 Å². The molecule has 21 heavy (non-hydrogen) atoms. The second-order valence-corrected chi connectivity index (χ2v) is 7.81. The molecule has 0 aliphatic heterocycles. The van der Waals surface area contributed by atoms with Crippen molar-refractivity contribution in [2.45, 2.75) is 65.0 Å². The van der Waals surface area contributed by atoms with Gasteiger partial charge in [-0.25, -0.2) is 0 Å². The summed E-state index contributed by atoms with van der Waals surface area (Å²) in [4.78, 5) is 2.30. The maximum Gasteiger partial charge on any atom is 0.0501 e. The maximum atomic E-state index is 3.72. The minimum atomic E-state index is 0.0679. The Kier molecular flexibility index (Phi) is 6.01. The van der Waals surface area contributed by atoms with Gasteiger partial charge in [0.15, 0.2) is 0 Å². The van der Waals surface area contributed by atoms with Crippen molar-refractivity contribution in [1.29, 1.82) is 0 Å². The first-order valence-corrected chi connectivity index (χ1v) is 8.12. The first-order chi connectivity index (χ1) is 9.60. The molecule has 1 aromatic rings. The van der Waals surface area contributed by atoms with Gasteiger partial charge in [0.25, 0.3) is 0 Å². The van der Waals surface area contributed by atoms with E-state index in [-0.39, 0.29) is 11.0 Å². The summed E-state index contributed by atoms with van der Waals surface area (Å²) in [6, 6.07) is 9.48. The minimum Gasteiger partial charge on any atom is -0.308 e. The van der Waals surface area contributed by atoms with Gasteiger partial charge < -0.3 is 10.2 Å². The Hall–Kier alpha value is -0.860. The smallest absolute Gasteiger partial charge is 0.0501 e. The van der Waals surface area contributed by atoms with E-state index in [4.69, 9.17) is 0 Å². The molecular formula is C19H34N2. The van der Waals surface area contributed by atoms with Gasteiger partial charge in [0, 0.05) is 5.54 Å². The molecule has 120 valence electrons. The predicted octanol–water partition coefficient (Wildman–Crippen LogP) is 4.37. The number of hydrogen-bond acceptors (Lipinski definition) is 2.